The van der Waals surface area contributed by atoms with E-state index in [4.69, 9.17) is 0 Å². The Bertz CT molecular complexity index is 425. The lowest BCUT2D eigenvalue weighted by atomic mass is 9.94. The summed E-state index contributed by atoms with van der Waals surface area (Å²) in [5.74, 6) is -0.647. The number of benzene rings is 1. The summed E-state index contributed by atoms with van der Waals surface area (Å²) in [4.78, 5) is 0. The third-order valence-electron chi connectivity index (χ3n) is 4.77. The van der Waals surface area contributed by atoms with Crippen LogP contribution in [0.25, 0.3) is 0 Å². The van der Waals surface area contributed by atoms with Gasteiger partial charge in [0.15, 0.2) is 11.6 Å². The summed E-state index contributed by atoms with van der Waals surface area (Å²) < 4.78 is 26.1. The SMILES string of the molecule is CCCCC[Si]1CCC(CCc2ccc(F)c(F)c2)CC1. The summed E-state index contributed by atoms with van der Waals surface area (Å²) in [5.41, 5.74) is 0.938. The molecule has 3 heteroatoms. The normalized spacial score (nSPS) is 17.3. The minimum absolute atomic E-state index is 0.0567. The molecule has 1 aliphatic heterocycles. The number of rotatable bonds is 7. The monoisotopic (exact) mass is 309 g/mol. The first-order valence-corrected chi connectivity index (χ1v) is 10.6. The molecule has 0 bridgehead atoms. The third-order valence-corrected chi connectivity index (χ3v) is 7.82. The number of halogens is 2. The first-order valence-electron chi connectivity index (χ1n) is 8.46. The zero-order valence-electron chi connectivity index (χ0n) is 13.1. The van der Waals surface area contributed by atoms with Gasteiger partial charge in [-0.2, -0.15) is 0 Å². The quantitative estimate of drug-likeness (QED) is 0.428. The van der Waals surface area contributed by atoms with E-state index in [0.29, 0.717) is 0 Å². The van der Waals surface area contributed by atoms with Crippen molar-refractivity contribution in [2.45, 2.75) is 70.0 Å². The fourth-order valence-electron chi connectivity index (χ4n) is 3.32. The molecule has 0 nitrogen and oxygen atoms in total. The minimum Gasteiger partial charge on any atom is -0.204 e. The summed E-state index contributed by atoms with van der Waals surface area (Å²) in [6, 6.07) is 8.78. The molecule has 117 valence electrons. The Hall–Kier alpha value is -0.703. The predicted molar refractivity (Wildman–Crippen MR) is 87.1 cm³/mol. The summed E-state index contributed by atoms with van der Waals surface area (Å²) in [5, 5.41) is 0. The van der Waals surface area contributed by atoms with E-state index in [-0.39, 0.29) is 8.80 Å². The van der Waals surface area contributed by atoms with Crippen molar-refractivity contribution >= 4 is 8.80 Å². The van der Waals surface area contributed by atoms with Gasteiger partial charge in [0.2, 0.25) is 0 Å². The largest absolute Gasteiger partial charge is 0.204 e. The third kappa shape index (κ3) is 5.53. The van der Waals surface area contributed by atoms with Crippen LogP contribution < -0.4 is 0 Å². The van der Waals surface area contributed by atoms with Crippen molar-refractivity contribution < 1.29 is 8.78 Å². The van der Waals surface area contributed by atoms with E-state index in [9.17, 15) is 8.78 Å². The lowest BCUT2D eigenvalue weighted by molar-refractivity contribution is 0.435. The van der Waals surface area contributed by atoms with Crippen molar-refractivity contribution in [1.82, 2.24) is 0 Å². The van der Waals surface area contributed by atoms with Crippen molar-refractivity contribution in [3.63, 3.8) is 0 Å². The molecule has 0 aromatic heterocycles. The molecule has 1 fully saturated rings. The van der Waals surface area contributed by atoms with E-state index < -0.39 is 11.6 Å². The maximum absolute atomic E-state index is 13.2. The van der Waals surface area contributed by atoms with Gasteiger partial charge in [0.1, 0.15) is 0 Å². The van der Waals surface area contributed by atoms with E-state index in [1.165, 1.54) is 62.4 Å². The highest BCUT2D eigenvalue weighted by molar-refractivity contribution is 6.58. The Balaban J connectivity index is 1.67. The van der Waals surface area contributed by atoms with Crippen molar-refractivity contribution in [2.75, 3.05) is 0 Å². The van der Waals surface area contributed by atoms with E-state index in [0.717, 1.165) is 24.3 Å². The van der Waals surface area contributed by atoms with Gasteiger partial charge in [0.25, 0.3) is 0 Å². The van der Waals surface area contributed by atoms with Crippen LogP contribution in [-0.2, 0) is 6.42 Å². The Morgan fingerprint density at radius 3 is 2.52 bits per heavy atom. The summed E-state index contributed by atoms with van der Waals surface area (Å²) in [6.45, 7) is 2.27. The van der Waals surface area contributed by atoms with E-state index in [2.05, 4.69) is 6.92 Å². The second-order valence-corrected chi connectivity index (χ2v) is 9.44. The second kappa shape index (κ2) is 8.67. The number of hydrogen-bond acceptors (Lipinski definition) is 0. The maximum atomic E-state index is 13.2. The minimum atomic E-state index is -0.740. The molecule has 0 amide bonds. The van der Waals surface area contributed by atoms with Crippen LogP contribution in [0, 0.1) is 17.6 Å². The predicted octanol–water partition coefficient (Wildman–Crippen LogP) is 5.99. The zero-order valence-corrected chi connectivity index (χ0v) is 14.1. The average molecular weight is 309 g/mol. The average Bonchev–Trinajstić information content (AvgIpc) is 2.50. The van der Waals surface area contributed by atoms with Gasteiger partial charge in [0, 0.05) is 8.80 Å². The smallest absolute Gasteiger partial charge is 0.159 e. The molecular formula is C18H27F2Si. The van der Waals surface area contributed by atoms with Crippen LogP contribution >= 0.6 is 0 Å². The second-order valence-electron chi connectivity index (χ2n) is 6.44. The van der Waals surface area contributed by atoms with E-state index in [1.807, 2.05) is 0 Å². The lowest BCUT2D eigenvalue weighted by Crippen LogP contribution is -2.21. The molecule has 0 saturated carbocycles. The first kappa shape index (κ1) is 16.7. The molecule has 1 aromatic rings. The standard InChI is InChI=1S/C18H27F2Si/c1-2-3-4-11-21-12-9-15(10-13-21)5-6-16-7-8-17(19)18(20)14-16/h7-8,14-15H,2-6,9-13H2,1H3. The summed E-state index contributed by atoms with van der Waals surface area (Å²) in [7, 11) is -0.0567. The van der Waals surface area contributed by atoms with Crippen LogP contribution in [0.5, 0.6) is 0 Å². The summed E-state index contributed by atoms with van der Waals surface area (Å²) in [6.07, 6.45) is 8.91. The molecule has 0 N–H and O–H groups in total. The molecule has 0 unspecified atom stereocenters. The number of unbranched alkanes of at least 4 members (excludes halogenated alkanes) is 2. The van der Waals surface area contributed by atoms with Crippen molar-refractivity contribution in [2.24, 2.45) is 5.92 Å². The van der Waals surface area contributed by atoms with Gasteiger partial charge >= 0.3 is 0 Å². The van der Waals surface area contributed by atoms with Gasteiger partial charge in [0.05, 0.1) is 0 Å². The fourth-order valence-corrected chi connectivity index (χ4v) is 6.45. The molecule has 0 aliphatic carbocycles. The molecule has 1 aromatic carbocycles. The Labute approximate surface area is 129 Å². The van der Waals surface area contributed by atoms with Crippen LogP contribution in [0.1, 0.15) is 51.0 Å². The molecule has 1 aliphatic rings. The molecule has 1 saturated heterocycles. The van der Waals surface area contributed by atoms with Gasteiger partial charge in [-0.25, -0.2) is 8.78 Å². The molecular weight excluding hydrogens is 282 g/mol. The molecule has 2 rings (SSSR count). The van der Waals surface area contributed by atoms with Crippen LogP contribution in [0.2, 0.25) is 18.1 Å². The van der Waals surface area contributed by atoms with Crippen molar-refractivity contribution in [3.8, 4) is 0 Å². The number of hydrogen-bond donors (Lipinski definition) is 0. The van der Waals surface area contributed by atoms with Gasteiger partial charge in [-0.1, -0.05) is 63.2 Å². The molecule has 1 radical (unpaired) electrons. The fraction of sp³-hybridized carbons (Fsp3) is 0.667. The van der Waals surface area contributed by atoms with Gasteiger partial charge in [-0.3, -0.25) is 0 Å². The van der Waals surface area contributed by atoms with E-state index >= 15 is 0 Å². The van der Waals surface area contributed by atoms with Crippen LogP contribution in [0.3, 0.4) is 0 Å². The van der Waals surface area contributed by atoms with Crippen molar-refractivity contribution in [3.05, 3.63) is 35.4 Å². The van der Waals surface area contributed by atoms with Crippen molar-refractivity contribution in [1.29, 1.82) is 0 Å². The highest BCUT2D eigenvalue weighted by Crippen LogP contribution is 2.31. The zero-order chi connectivity index (χ0) is 15.1. The van der Waals surface area contributed by atoms with Crippen LogP contribution in [0.15, 0.2) is 18.2 Å². The number of aryl methyl sites for hydroxylation is 1. The highest BCUT2D eigenvalue weighted by Gasteiger charge is 2.21. The molecule has 1 heterocycles. The first-order chi connectivity index (χ1) is 10.2. The topological polar surface area (TPSA) is 0 Å². The Morgan fingerprint density at radius 1 is 1.10 bits per heavy atom. The maximum Gasteiger partial charge on any atom is 0.159 e. The van der Waals surface area contributed by atoms with E-state index in [1.54, 1.807) is 6.07 Å². The molecule has 0 spiro atoms. The lowest BCUT2D eigenvalue weighted by Gasteiger charge is -2.27. The molecule has 0 atom stereocenters. The molecule has 21 heavy (non-hydrogen) atoms. The summed E-state index contributed by atoms with van der Waals surface area (Å²) >= 11 is 0. The van der Waals surface area contributed by atoms with Crippen LogP contribution in [-0.4, -0.2) is 8.80 Å². The van der Waals surface area contributed by atoms with Gasteiger partial charge < -0.3 is 0 Å². The van der Waals surface area contributed by atoms with Crippen LogP contribution in [0.4, 0.5) is 8.78 Å². The van der Waals surface area contributed by atoms with Gasteiger partial charge in [-0.05, 0) is 36.5 Å². The highest BCUT2D eigenvalue weighted by atomic mass is 28.3. The Morgan fingerprint density at radius 2 is 1.86 bits per heavy atom. The Kier molecular flexibility index (Phi) is 6.88. The van der Waals surface area contributed by atoms with Gasteiger partial charge in [-0.15, -0.1) is 0 Å².